The van der Waals surface area contributed by atoms with Crippen LogP contribution in [-0.4, -0.2) is 28.2 Å². The highest BCUT2D eigenvalue weighted by atomic mass is 79.9. The molecule has 0 radical (unpaired) electrons. The van der Waals surface area contributed by atoms with Crippen molar-refractivity contribution in [3.8, 4) is 5.75 Å². The molecule has 0 aromatic heterocycles. The van der Waals surface area contributed by atoms with Gasteiger partial charge in [-0.25, -0.2) is 12.8 Å². The topological polar surface area (TPSA) is 52.6 Å². The van der Waals surface area contributed by atoms with Crippen molar-refractivity contribution in [3.05, 3.63) is 22.4 Å². The minimum Gasteiger partial charge on any atom is -0.490 e. The molecule has 0 aliphatic carbocycles. The summed E-state index contributed by atoms with van der Waals surface area (Å²) >= 11 is 3.11. The molecule has 0 spiro atoms. The second-order valence-corrected chi connectivity index (χ2v) is 7.86. The summed E-state index contributed by atoms with van der Waals surface area (Å²) in [5, 5.41) is 0. The fraction of sp³-hybridized carbons (Fsp3) is 0.500. The molecular formula is C12H15BrClFO4S. The van der Waals surface area contributed by atoms with Crippen LogP contribution in [0, 0.1) is 11.7 Å². The van der Waals surface area contributed by atoms with Gasteiger partial charge in [-0.05, 0) is 27.9 Å². The monoisotopic (exact) mass is 388 g/mol. The van der Waals surface area contributed by atoms with Crippen LogP contribution in [0.25, 0.3) is 0 Å². The van der Waals surface area contributed by atoms with Gasteiger partial charge in [0.2, 0.25) is 0 Å². The summed E-state index contributed by atoms with van der Waals surface area (Å²) < 4.78 is 46.8. The summed E-state index contributed by atoms with van der Waals surface area (Å²) in [6, 6.07) is 2.05. The maximum Gasteiger partial charge on any atom is 0.264 e. The summed E-state index contributed by atoms with van der Waals surface area (Å²) in [7, 11) is 0.989. The maximum absolute atomic E-state index is 13.6. The Morgan fingerprint density at radius 3 is 2.55 bits per heavy atom. The molecule has 8 heteroatoms. The first kappa shape index (κ1) is 17.7. The highest BCUT2D eigenvalue weighted by Gasteiger charge is 2.19. The molecule has 0 aliphatic heterocycles. The Morgan fingerprint density at radius 2 is 2.00 bits per heavy atom. The first-order valence-electron chi connectivity index (χ1n) is 5.86. The second-order valence-electron chi connectivity index (χ2n) is 4.47. The van der Waals surface area contributed by atoms with E-state index in [1.165, 1.54) is 0 Å². The Labute approximate surface area is 130 Å². The van der Waals surface area contributed by atoms with Crippen LogP contribution < -0.4 is 4.74 Å². The average Bonchev–Trinajstić information content (AvgIpc) is 2.30. The highest BCUT2D eigenvalue weighted by Crippen LogP contribution is 2.31. The predicted octanol–water partition coefficient (Wildman–Crippen LogP) is 3.57. The lowest BCUT2D eigenvalue weighted by molar-refractivity contribution is 0.0816. The van der Waals surface area contributed by atoms with Crippen LogP contribution in [0.4, 0.5) is 4.39 Å². The molecule has 0 heterocycles. The van der Waals surface area contributed by atoms with Gasteiger partial charge in [-0.2, -0.15) is 0 Å². The molecule has 0 bridgehead atoms. The lowest BCUT2D eigenvalue weighted by Gasteiger charge is -2.11. The van der Waals surface area contributed by atoms with Gasteiger partial charge < -0.3 is 9.47 Å². The van der Waals surface area contributed by atoms with E-state index in [0.717, 1.165) is 12.1 Å². The zero-order valence-electron chi connectivity index (χ0n) is 11.0. The van der Waals surface area contributed by atoms with E-state index in [9.17, 15) is 12.8 Å². The Hall–Kier alpha value is -0.370. The molecule has 0 atom stereocenters. The van der Waals surface area contributed by atoms with Gasteiger partial charge in [-0.15, -0.1) is 0 Å². The summed E-state index contributed by atoms with van der Waals surface area (Å²) in [6.45, 7) is 5.26. The van der Waals surface area contributed by atoms with Crippen molar-refractivity contribution in [3.63, 3.8) is 0 Å². The number of hydrogen-bond donors (Lipinski definition) is 0. The Kier molecular flexibility index (Phi) is 6.71. The van der Waals surface area contributed by atoms with Gasteiger partial charge in [-0.3, -0.25) is 0 Å². The first-order valence-corrected chi connectivity index (χ1v) is 8.96. The number of rotatable bonds is 7. The van der Waals surface area contributed by atoms with Crippen molar-refractivity contribution in [2.24, 2.45) is 5.92 Å². The summed E-state index contributed by atoms with van der Waals surface area (Å²) in [5.74, 6) is -0.339. The van der Waals surface area contributed by atoms with Crippen molar-refractivity contribution in [1.82, 2.24) is 0 Å². The van der Waals surface area contributed by atoms with Gasteiger partial charge in [0.15, 0.2) is 0 Å². The van der Waals surface area contributed by atoms with Crippen molar-refractivity contribution in [2.45, 2.75) is 18.7 Å². The zero-order chi connectivity index (χ0) is 15.3. The second kappa shape index (κ2) is 7.59. The molecule has 114 valence electrons. The van der Waals surface area contributed by atoms with E-state index < -0.39 is 19.8 Å². The Bertz CT molecular complexity index is 563. The highest BCUT2D eigenvalue weighted by molar-refractivity contribution is 9.10. The lowest BCUT2D eigenvalue weighted by Crippen LogP contribution is -2.10. The molecule has 1 aromatic carbocycles. The SMILES string of the molecule is CC(C)COCCOc1cc(F)c(S(=O)(=O)Cl)cc1Br. The molecular weight excluding hydrogens is 375 g/mol. The third-order valence-electron chi connectivity index (χ3n) is 2.19. The molecule has 4 nitrogen and oxygen atoms in total. The Balaban J connectivity index is 2.67. The third-order valence-corrected chi connectivity index (χ3v) is 4.14. The fourth-order valence-corrected chi connectivity index (χ4v) is 2.85. The molecule has 0 amide bonds. The number of benzene rings is 1. The van der Waals surface area contributed by atoms with E-state index in [2.05, 4.69) is 15.9 Å². The van der Waals surface area contributed by atoms with Gasteiger partial charge in [0.05, 0.1) is 11.1 Å². The predicted molar refractivity (Wildman–Crippen MR) is 78.3 cm³/mol. The van der Waals surface area contributed by atoms with Crippen LogP contribution >= 0.6 is 26.6 Å². The largest absolute Gasteiger partial charge is 0.490 e. The standard InChI is InChI=1S/C12H15BrClFO4S/c1-8(2)7-18-3-4-19-11-6-10(15)12(5-9(11)13)20(14,16)17/h5-6,8H,3-4,7H2,1-2H3. The van der Waals surface area contributed by atoms with E-state index >= 15 is 0 Å². The molecule has 0 saturated carbocycles. The van der Waals surface area contributed by atoms with Crippen LogP contribution in [0.15, 0.2) is 21.5 Å². The van der Waals surface area contributed by atoms with Gasteiger partial charge in [0.1, 0.15) is 23.1 Å². The quantitative estimate of drug-likeness (QED) is 0.528. The molecule has 0 fully saturated rings. The molecule has 20 heavy (non-hydrogen) atoms. The minimum absolute atomic E-state index is 0.194. The van der Waals surface area contributed by atoms with Gasteiger partial charge >= 0.3 is 0 Å². The van der Waals surface area contributed by atoms with Gasteiger partial charge in [0, 0.05) is 23.4 Å². The van der Waals surface area contributed by atoms with Crippen LogP contribution in [-0.2, 0) is 13.8 Å². The van der Waals surface area contributed by atoms with E-state index in [4.69, 9.17) is 20.2 Å². The maximum atomic E-state index is 13.6. The molecule has 0 aliphatic rings. The average molecular weight is 390 g/mol. The van der Waals surface area contributed by atoms with Crippen molar-refractivity contribution >= 4 is 35.7 Å². The Morgan fingerprint density at radius 1 is 1.35 bits per heavy atom. The van der Waals surface area contributed by atoms with Crippen molar-refractivity contribution in [1.29, 1.82) is 0 Å². The molecule has 0 saturated heterocycles. The fourth-order valence-electron chi connectivity index (χ4n) is 1.34. The number of halogens is 3. The molecule has 0 N–H and O–H groups in total. The molecule has 0 unspecified atom stereocenters. The first-order chi connectivity index (χ1) is 9.21. The lowest BCUT2D eigenvalue weighted by atomic mass is 10.2. The van der Waals surface area contributed by atoms with E-state index in [1.807, 2.05) is 13.8 Å². The number of hydrogen-bond acceptors (Lipinski definition) is 4. The van der Waals surface area contributed by atoms with Crippen LogP contribution in [0.5, 0.6) is 5.75 Å². The summed E-state index contributed by atoms with van der Waals surface area (Å²) in [4.78, 5) is -0.588. The van der Waals surface area contributed by atoms with Crippen LogP contribution in [0.1, 0.15) is 13.8 Å². The minimum atomic E-state index is -4.12. The molecule has 1 rings (SSSR count). The third kappa shape index (κ3) is 5.55. The normalized spacial score (nSPS) is 11.9. The van der Waals surface area contributed by atoms with Crippen LogP contribution in [0.3, 0.4) is 0 Å². The van der Waals surface area contributed by atoms with E-state index in [1.54, 1.807) is 0 Å². The summed E-state index contributed by atoms with van der Waals surface area (Å²) in [6.07, 6.45) is 0. The van der Waals surface area contributed by atoms with Crippen molar-refractivity contribution < 1.29 is 22.3 Å². The van der Waals surface area contributed by atoms with E-state index in [0.29, 0.717) is 23.6 Å². The van der Waals surface area contributed by atoms with E-state index in [-0.39, 0.29) is 12.4 Å². The molecule has 1 aromatic rings. The number of ether oxygens (including phenoxy) is 2. The smallest absolute Gasteiger partial charge is 0.264 e. The zero-order valence-corrected chi connectivity index (χ0v) is 14.2. The van der Waals surface area contributed by atoms with Gasteiger partial charge in [0.25, 0.3) is 9.05 Å². The van der Waals surface area contributed by atoms with Crippen LogP contribution in [0.2, 0.25) is 0 Å². The summed E-state index contributed by atoms with van der Waals surface area (Å²) in [5.41, 5.74) is 0. The van der Waals surface area contributed by atoms with Crippen molar-refractivity contribution in [2.75, 3.05) is 19.8 Å². The van der Waals surface area contributed by atoms with Gasteiger partial charge in [-0.1, -0.05) is 13.8 Å².